The van der Waals surface area contributed by atoms with Crippen LogP contribution in [0.1, 0.15) is 22.3 Å². The molecule has 0 heterocycles. The molecule has 0 atom stereocenters. The molecule has 0 radical (unpaired) electrons. The van der Waals surface area contributed by atoms with Gasteiger partial charge < -0.3 is 5.32 Å². The molecular formula is C17H19F2NS. The van der Waals surface area contributed by atoms with Gasteiger partial charge in [0.05, 0.1) is 0 Å². The molecular weight excluding hydrogens is 288 g/mol. The number of halogens is 2. The van der Waals surface area contributed by atoms with Crippen molar-refractivity contribution in [1.29, 1.82) is 0 Å². The lowest BCUT2D eigenvalue weighted by molar-refractivity contribution is 0.252. The number of alkyl halides is 2. The van der Waals surface area contributed by atoms with Gasteiger partial charge in [-0.2, -0.15) is 8.78 Å². The van der Waals surface area contributed by atoms with Gasteiger partial charge in [0, 0.05) is 17.1 Å². The molecule has 2 rings (SSSR count). The van der Waals surface area contributed by atoms with Crippen LogP contribution < -0.4 is 5.32 Å². The van der Waals surface area contributed by atoms with Crippen molar-refractivity contribution in [2.75, 3.05) is 5.32 Å². The number of anilines is 1. The first-order valence-electron chi connectivity index (χ1n) is 6.82. The van der Waals surface area contributed by atoms with E-state index in [4.69, 9.17) is 0 Å². The average Bonchev–Trinajstić information content (AvgIpc) is 2.42. The molecule has 0 aliphatic heterocycles. The van der Waals surface area contributed by atoms with Crippen LogP contribution in [-0.4, -0.2) is 5.76 Å². The van der Waals surface area contributed by atoms with Crippen LogP contribution in [0.15, 0.2) is 41.3 Å². The third-order valence-electron chi connectivity index (χ3n) is 3.52. The fourth-order valence-electron chi connectivity index (χ4n) is 2.21. The van der Waals surface area contributed by atoms with Crippen LogP contribution in [0.5, 0.6) is 0 Å². The van der Waals surface area contributed by atoms with Crippen molar-refractivity contribution < 1.29 is 8.78 Å². The molecule has 0 bridgehead atoms. The number of aryl methyl sites for hydroxylation is 3. The highest BCUT2D eigenvalue weighted by molar-refractivity contribution is 7.99. The third kappa shape index (κ3) is 4.21. The van der Waals surface area contributed by atoms with Crippen molar-refractivity contribution in [3.05, 3.63) is 58.7 Å². The topological polar surface area (TPSA) is 12.0 Å². The van der Waals surface area contributed by atoms with Gasteiger partial charge in [-0.3, -0.25) is 0 Å². The lowest BCUT2D eigenvalue weighted by atomic mass is 10.0. The first-order valence-corrected chi connectivity index (χ1v) is 7.70. The van der Waals surface area contributed by atoms with Gasteiger partial charge in [0.15, 0.2) is 0 Å². The minimum atomic E-state index is -2.41. The second-order valence-corrected chi connectivity index (χ2v) is 6.12. The van der Waals surface area contributed by atoms with Gasteiger partial charge >= 0.3 is 0 Å². The molecule has 2 aromatic rings. The van der Waals surface area contributed by atoms with E-state index in [0.717, 1.165) is 5.69 Å². The van der Waals surface area contributed by atoms with Crippen molar-refractivity contribution in [3.63, 3.8) is 0 Å². The number of hydrogen-bond donors (Lipinski definition) is 1. The molecule has 4 heteroatoms. The Morgan fingerprint density at radius 2 is 1.67 bits per heavy atom. The Balaban J connectivity index is 2.15. The van der Waals surface area contributed by atoms with Crippen molar-refractivity contribution in [3.8, 4) is 0 Å². The minimum Gasteiger partial charge on any atom is -0.380 e. The Bertz CT molecular complexity index is 626. The second kappa shape index (κ2) is 6.94. The molecule has 0 amide bonds. The van der Waals surface area contributed by atoms with Gasteiger partial charge in [-0.05, 0) is 55.2 Å². The van der Waals surface area contributed by atoms with Crippen LogP contribution in [0, 0.1) is 20.8 Å². The van der Waals surface area contributed by atoms with Crippen molar-refractivity contribution in [2.45, 2.75) is 38.0 Å². The van der Waals surface area contributed by atoms with Crippen LogP contribution in [0.4, 0.5) is 14.5 Å². The quantitative estimate of drug-likeness (QED) is 0.728. The fourth-order valence-corrected chi connectivity index (χ4v) is 2.83. The molecule has 112 valence electrons. The summed E-state index contributed by atoms with van der Waals surface area (Å²) in [6.45, 7) is 6.88. The summed E-state index contributed by atoms with van der Waals surface area (Å²) in [5.41, 5.74) is 5.66. The lowest BCUT2D eigenvalue weighted by Gasteiger charge is -2.14. The highest BCUT2D eigenvalue weighted by Crippen LogP contribution is 2.32. The number of benzene rings is 2. The first kappa shape index (κ1) is 15.8. The first-order chi connectivity index (χ1) is 9.97. The summed E-state index contributed by atoms with van der Waals surface area (Å²) in [6, 6.07) is 11.5. The highest BCUT2D eigenvalue weighted by Gasteiger charge is 2.10. The Labute approximate surface area is 128 Å². The molecule has 0 aliphatic rings. The van der Waals surface area contributed by atoms with E-state index < -0.39 is 5.76 Å². The van der Waals surface area contributed by atoms with Gasteiger partial charge in [-0.25, -0.2) is 0 Å². The zero-order chi connectivity index (χ0) is 15.4. The van der Waals surface area contributed by atoms with E-state index in [-0.39, 0.29) is 0 Å². The van der Waals surface area contributed by atoms with Crippen LogP contribution in [0.2, 0.25) is 0 Å². The average molecular weight is 307 g/mol. The maximum atomic E-state index is 12.6. The fraction of sp³-hybridized carbons (Fsp3) is 0.294. The van der Waals surface area contributed by atoms with E-state index in [1.165, 1.54) is 22.3 Å². The summed E-state index contributed by atoms with van der Waals surface area (Å²) in [5.74, 6) is -2.41. The Morgan fingerprint density at radius 1 is 1.00 bits per heavy atom. The van der Waals surface area contributed by atoms with E-state index >= 15 is 0 Å². The molecule has 0 unspecified atom stereocenters. The largest absolute Gasteiger partial charge is 0.380 e. The molecule has 2 aromatic carbocycles. The van der Waals surface area contributed by atoms with Crippen LogP contribution >= 0.6 is 11.8 Å². The predicted octanol–water partition coefficient (Wildman–Crippen LogP) is 5.54. The van der Waals surface area contributed by atoms with Crippen molar-refractivity contribution >= 4 is 17.4 Å². The number of thioether (sulfide) groups is 1. The van der Waals surface area contributed by atoms with Crippen LogP contribution in [0.25, 0.3) is 0 Å². The molecule has 1 N–H and O–H groups in total. The summed E-state index contributed by atoms with van der Waals surface area (Å²) in [7, 11) is 0. The van der Waals surface area contributed by atoms with E-state index in [1.807, 2.05) is 12.1 Å². The van der Waals surface area contributed by atoms with Crippen molar-refractivity contribution in [2.24, 2.45) is 0 Å². The van der Waals surface area contributed by atoms with Gasteiger partial charge in [0.2, 0.25) is 0 Å². The summed E-state index contributed by atoms with van der Waals surface area (Å²) in [5, 5.41) is 3.27. The maximum absolute atomic E-state index is 12.6. The van der Waals surface area contributed by atoms with Gasteiger partial charge in [0.25, 0.3) is 5.76 Å². The van der Waals surface area contributed by atoms with E-state index in [1.54, 1.807) is 12.1 Å². The molecule has 0 aromatic heterocycles. The molecule has 21 heavy (non-hydrogen) atoms. The van der Waals surface area contributed by atoms with E-state index in [2.05, 4.69) is 38.2 Å². The second-order valence-electron chi connectivity index (χ2n) is 5.09. The normalized spacial score (nSPS) is 11.0. The number of para-hydroxylation sites is 1. The molecule has 0 saturated heterocycles. The van der Waals surface area contributed by atoms with Gasteiger partial charge in [0.1, 0.15) is 0 Å². The number of hydrogen-bond acceptors (Lipinski definition) is 2. The summed E-state index contributed by atoms with van der Waals surface area (Å²) in [6.07, 6.45) is 0. The summed E-state index contributed by atoms with van der Waals surface area (Å²) >= 11 is 0.574. The van der Waals surface area contributed by atoms with Crippen LogP contribution in [-0.2, 0) is 6.54 Å². The maximum Gasteiger partial charge on any atom is 0.288 e. The summed E-state index contributed by atoms with van der Waals surface area (Å²) < 4.78 is 25.1. The Morgan fingerprint density at radius 3 is 2.38 bits per heavy atom. The Kier molecular flexibility index (Phi) is 5.23. The van der Waals surface area contributed by atoms with E-state index in [9.17, 15) is 8.78 Å². The van der Waals surface area contributed by atoms with Gasteiger partial charge in [-0.1, -0.05) is 36.0 Å². The summed E-state index contributed by atoms with van der Waals surface area (Å²) in [4.78, 5) is 0.578. The zero-order valence-electron chi connectivity index (χ0n) is 12.4. The molecule has 0 aliphatic carbocycles. The highest BCUT2D eigenvalue weighted by atomic mass is 32.2. The monoisotopic (exact) mass is 307 g/mol. The number of nitrogens with one attached hydrogen (secondary N) is 1. The zero-order valence-corrected chi connectivity index (χ0v) is 13.2. The smallest absolute Gasteiger partial charge is 0.288 e. The minimum absolute atomic E-state index is 0.574. The number of rotatable bonds is 5. The standard InChI is InChI=1S/C17H19F2NS/c1-11-8-13(3)14(9-12(11)2)10-20-15-6-4-5-7-16(15)21-17(18)19/h4-9,17,20H,10H2,1-3H3. The molecule has 1 nitrogen and oxygen atoms in total. The van der Waals surface area contributed by atoms with E-state index in [0.29, 0.717) is 23.2 Å². The molecule has 0 spiro atoms. The van der Waals surface area contributed by atoms with Gasteiger partial charge in [-0.15, -0.1) is 0 Å². The predicted molar refractivity (Wildman–Crippen MR) is 86.3 cm³/mol. The van der Waals surface area contributed by atoms with Crippen LogP contribution in [0.3, 0.4) is 0 Å². The lowest BCUT2D eigenvalue weighted by Crippen LogP contribution is -2.03. The third-order valence-corrected chi connectivity index (χ3v) is 4.31. The SMILES string of the molecule is Cc1cc(C)c(CNc2ccccc2SC(F)F)cc1C. The van der Waals surface area contributed by atoms with Crippen molar-refractivity contribution in [1.82, 2.24) is 0 Å². The molecule has 0 saturated carbocycles. The Hall–Kier alpha value is -1.55. The molecule has 0 fully saturated rings.